The Kier molecular flexibility index (Phi) is 3.18. The zero-order valence-corrected chi connectivity index (χ0v) is 11.7. The molecule has 0 spiro atoms. The fourth-order valence-electron chi connectivity index (χ4n) is 2.49. The van der Waals surface area contributed by atoms with Gasteiger partial charge in [0.25, 0.3) is 0 Å². The molecule has 1 aromatic heterocycles. The Morgan fingerprint density at radius 1 is 1.33 bits per heavy atom. The van der Waals surface area contributed by atoms with Gasteiger partial charge in [-0.3, -0.25) is 0 Å². The maximum atomic E-state index is 10.4. The highest BCUT2D eigenvalue weighted by Gasteiger charge is 2.44. The summed E-state index contributed by atoms with van der Waals surface area (Å²) in [6.45, 7) is 1.98. The maximum absolute atomic E-state index is 10.4. The summed E-state index contributed by atoms with van der Waals surface area (Å²) < 4.78 is 0. The summed E-state index contributed by atoms with van der Waals surface area (Å²) >= 11 is 7.79. The molecular formula is C15H15ClOS. The minimum absolute atomic E-state index is 0.322. The molecule has 3 rings (SSSR count). The van der Waals surface area contributed by atoms with Crippen LogP contribution in [-0.4, -0.2) is 5.11 Å². The van der Waals surface area contributed by atoms with Crippen LogP contribution >= 0.6 is 22.9 Å². The third kappa shape index (κ3) is 2.09. The molecule has 0 radical (unpaired) electrons. The minimum atomic E-state index is -0.415. The second kappa shape index (κ2) is 4.69. The Labute approximate surface area is 116 Å². The monoisotopic (exact) mass is 278 g/mol. The van der Waals surface area contributed by atoms with E-state index in [0.717, 1.165) is 21.9 Å². The molecule has 3 heteroatoms. The van der Waals surface area contributed by atoms with E-state index in [1.165, 1.54) is 5.56 Å². The number of aliphatic hydroxyl groups excluding tert-OH is 1. The Hall–Kier alpha value is -0.830. The van der Waals surface area contributed by atoms with Gasteiger partial charge in [-0.1, -0.05) is 41.9 Å². The first-order valence-corrected chi connectivity index (χ1v) is 7.40. The molecule has 1 nitrogen and oxygen atoms in total. The number of benzene rings is 1. The molecule has 0 aliphatic heterocycles. The van der Waals surface area contributed by atoms with Crippen molar-refractivity contribution in [2.45, 2.75) is 25.4 Å². The first-order valence-electron chi connectivity index (χ1n) is 6.15. The number of aryl methyl sites for hydroxylation is 1. The average Bonchev–Trinajstić information content (AvgIpc) is 3.13. The summed E-state index contributed by atoms with van der Waals surface area (Å²) in [7, 11) is 0. The van der Waals surface area contributed by atoms with Crippen LogP contribution in [0, 0.1) is 12.8 Å². The second-order valence-electron chi connectivity index (χ2n) is 4.96. The minimum Gasteiger partial charge on any atom is -0.387 e. The summed E-state index contributed by atoms with van der Waals surface area (Å²) in [6.07, 6.45) is 0.639. The van der Waals surface area contributed by atoms with Gasteiger partial charge >= 0.3 is 0 Å². The summed E-state index contributed by atoms with van der Waals surface area (Å²) in [4.78, 5) is 0.928. The molecule has 0 saturated heterocycles. The van der Waals surface area contributed by atoms with E-state index in [2.05, 4.69) is 24.3 Å². The SMILES string of the molecule is Cc1csc(C(O)C2CC2c2ccccc2)c1Cl. The maximum Gasteiger partial charge on any atom is 0.0931 e. The Morgan fingerprint density at radius 3 is 2.67 bits per heavy atom. The van der Waals surface area contributed by atoms with Gasteiger partial charge in [0, 0.05) is 0 Å². The Balaban J connectivity index is 1.77. The van der Waals surface area contributed by atoms with Crippen molar-refractivity contribution >= 4 is 22.9 Å². The molecule has 1 aromatic carbocycles. The molecule has 18 heavy (non-hydrogen) atoms. The zero-order chi connectivity index (χ0) is 12.7. The van der Waals surface area contributed by atoms with E-state index in [0.29, 0.717) is 11.8 Å². The second-order valence-corrected chi connectivity index (χ2v) is 6.25. The van der Waals surface area contributed by atoms with Gasteiger partial charge < -0.3 is 5.11 Å². The topological polar surface area (TPSA) is 20.2 Å². The summed E-state index contributed by atoms with van der Waals surface area (Å²) in [5.41, 5.74) is 2.39. The van der Waals surface area contributed by atoms with E-state index in [-0.39, 0.29) is 0 Å². The predicted molar refractivity (Wildman–Crippen MR) is 76.3 cm³/mol. The van der Waals surface area contributed by atoms with Crippen molar-refractivity contribution < 1.29 is 5.11 Å². The van der Waals surface area contributed by atoms with Gasteiger partial charge in [-0.15, -0.1) is 11.3 Å². The fourth-order valence-corrected chi connectivity index (χ4v) is 3.86. The van der Waals surface area contributed by atoms with E-state index < -0.39 is 6.10 Å². The standard InChI is InChI=1S/C15H15ClOS/c1-9-8-18-15(13(9)16)14(17)12-7-11(12)10-5-3-2-4-6-10/h2-6,8,11-12,14,17H,7H2,1H3. The third-order valence-electron chi connectivity index (χ3n) is 3.67. The quantitative estimate of drug-likeness (QED) is 0.873. The van der Waals surface area contributed by atoms with Crippen LogP contribution in [0.25, 0.3) is 0 Å². The Bertz CT molecular complexity index is 549. The molecule has 1 saturated carbocycles. The van der Waals surface area contributed by atoms with Gasteiger partial charge in [0.05, 0.1) is 16.0 Å². The van der Waals surface area contributed by atoms with Crippen molar-refractivity contribution in [2.75, 3.05) is 0 Å². The largest absolute Gasteiger partial charge is 0.387 e. The number of halogens is 1. The van der Waals surface area contributed by atoms with Crippen molar-refractivity contribution in [2.24, 2.45) is 5.92 Å². The van der Waals surface area contributed by atoms with E-state index in [9.17, 15) is 5.11 Å². The van der Waals surface area contributed by atoms with E-state index in [1.807, 2.05) is 18.4 Å². The number of hydrogen-bond donors (Lipinski definition) is 1. The van der Waals surface area contributed by atoms with Crippen molar-refractivity contribution in [3.8, 4) is 0 Å². The molecular weight excluding hydrogens is 264 g/mol. The molecule has 0 amide bonds. The first-order chi connectivity index (χ1) is 8.68. The molecule has 1 aliphatic rings. The zero-order valence-electron chi connectivity index (χ0n) is 10.1. The van der Waals surface area contributed by atoms with Crippen molar-refractivity contribution in [1.29, 1.82) is 0 Å². The molecule has 3 unspecified atom stereocenters. The highest BCUT2D eigenvalue weighted by molar-refractivity contribution is 7.10. The van der Waals surface area contributed by atoms with Crippen LogP contribution in [-0.2, 0) is 0 Å². The molecule has 94 valence electrons. The molecule has 2 aromatic rings. The molecule has 1 N–H and O–H groups in total. The fraction of sp³-hybridized carbons (Fsp3) is 0.333. The number of thiophene rings is 1. The van der Waals surface area contributed by atoms with Gasteiger partial charge in [0.1, 0.15) is 0 Å². The lowest BCUT2D eigenvalue weighted by Crippen LogP contribution is -1.99. The van der Waals surface area contributed by atoms with Crippen LogP contribution in [0.15, 0.2) is 35.7 Å². The molecule has 0 bridgehead atoms. The van der Waals surface area contributed by atoms with E-state index in [4.69, 9.17) is 11.6 Å². The first kappa shape index (κ1) is 12.2. The molecule has 1 aliphatic carbocycles. The highest BCUT2D eigenvalue weighted by Crippen LogP contribution is 2.55. The summed E-state index contributed by atoms with van der Waals surface area (Å²) in [6, 6.07) is 10.4. The lowest BCUT2D eigenvalue weighted by atomic mass is 10.1. The molecule has 3 atom stereocenters. The smallest absolute Gasteiger partial charge is 0.0931 e. The third-order valence-corrected chi connectivity index (χ3v) is 5.45. The van der Waals surface area contributed by atoms with Crippen LogP contribution in [0.4, 0.5) is 0 Å². The van der Waals surface area contributed by atoms with Gasteiger partial charge in [-0.05, 0) is 41.7 Å². The molecule has 1 fully saturated rings. The van der Waals surface area contributed by atoms with Crippen LogP contribution in [0.5, 0.6) is 0 Å². The summed E-state index contributed by atoms with van der Waals surface area (Å²) in [5, 5.41) is 13.2. The predicted octanol–water partition coefficient (Wildman–Crippen LogP) is 4.55. The summed E-state index contributed by atoms with van der Waals surface area (Å²) in [5.74, 6) is 0.808. The van der Waals surface area contributed by atoms with E-state index >= 15 is 0 Å². The molecule has 1 heterocycles. The lowest BCUT2D eigenvalue weighted by Gasteiger charge is -2.09. The van der Waals surface area contributed by atoms with Crippen LogP contribution in [0.3, 0.4) is 0 Å². The van der Waals surface area contributed by atoms with Crippen molar-refractivity contribution in [3.63, 3.8) is 0 Å². The van der Waals surface area contributed by atoms with Gasteiger partial charge in [-0.25, -0.2) is 0 Å². The van der Waals surface area contributed by atoms with Crippen LogP contribution in [0.1, 0.15) is 34.4 Å². The average molecular weight is 279 g/mol. The van der Waals surface area contributed by atoms with Gasteiger partial charge in [-0.2, -0.15) is 0 Å². The number of hydrogen-bond acceptors (Lipinski definition) is 2. The lowest BCUT2D eigenvalue weighted by molar-refractivity contribution is 0.155. The van der Waals surface area contributed by atoms with Crippen molar-refractivity contribution in [1.82, 2.24) is 0 Å². The van der Waals surface area contributed by atoms with Crippen LogP contribution in [0.2, 0.25) is 5.02 Å². The van der Waals surface area contributed by atoms with Gasteiger partial charge in [0.15, 0.2) is 0 Å². The number of rotatable bonds is 3. The van der Waals surface area contributed by atoms with Crippen molar-refractivity contribution in [3.05, 3.63) is 56.7 Å². The number of aliphatic hydroxyl groups is 1. The Morgan fingerprint density at radius 2 is 2.06 bits per heavy atom. The highest BCUT2D eigenvalue weighted by atomic mass is 35.5. The normalized spacial score (nSPS) is 23.9. The van der Waals surface area contributed by atoms with E-state index in [1.54, 1.807) is 11.3 Å². The van der Waals surface area contributed by atoms with Gasteiger partial charge in [0.2, 0.25) is 0 Å². The van der Waals surface area contributed by atoms with Crippen LogP contribution < -0.4 is 0 Å².